The number of nitrogens with one attached hydrogen (secondary N) is 2. The number of sulfonamides is 1. The molecule has 1 unspecified atom stereocenters. The van der Waals surface area contributed by atoms with Gasteiger partial charge in [0.2, 0.25) is 10.0 Å². The first-order chi connectivity index (χ1) is 9.97. The van der Waals surface area contributed by atoms with Crippen LogP contribution in [0, 0.1) is 11.2 Å². The summed E-state index contributed by atoms with van der Waals surface area (Å²) in [6.45, 7) is 1.85. The molecular formula is C14H19FN2O3S. The third-order valence-corrected chi connectivity index (χ3v) is 5.99. The van der Waals surface area contributed by atoms with E-state index in [4.69, 9.17) is 4.74 Å². The Bertz CT molecular complexity index is 642. The summed E-state index contributed by atoms with van der Waals surface area (Å²) in [5, 5.41) is 3.27. The van der Waals surface area contributed by atoms with Crippen molar-refractivity contribution >= 4 is 10.0 Å². The van der Waals surface area contributed by atoms with E-state index in [0.29, 0.717) is 0 Å². The van der Waals surface area contributed by atoms with Crippen molar-refractivity contribution in [1.82, 2.24) is 10.0 Å². The summed E-state index contributed by atoms with van der Waals surface area (Å²) in [4.78, 5) is -0.0585. The smallest absolute Gasteiger partial charge is 0.240 e. The lowest BCUT2D eigenvalue weighted by atomic mass is 9.94. The van der Waals surface area contributed by atoms with Gasteiger partial charge in [-0.05, 0) is 56.0 Å². The first-order valence-corrected chi connectivity index (χ1v) is 8.52. The van der Waals surface area contributed by atoms with Gasteiger partial charge in [-0.15, -0.1) is 0 Å². The number of benzene rings is 1. The first-order valence-electron chi connectivity index (χ1n) is 7.03. The van der Waals surface area contributed by atoms with Crippen LogP contribution in [-0.4, -0.2) is 34.7 Å². The monoisotopic (exact) mass is 314 g/mol. The van der Waals surface area contributed by atoms with Crippen molar-refractivity contribution in [2.45, 2.75) is 30.2 Å². The molecule has 116 valence electrons. The summed E-state index contributed by atoms with van der Waals surface area (Å²) < 4.78 is 45.8. The fraction of sp³-hybridized carbons (Fsp3) is 0.571. The molecule has 2 fully saturated rings. The van der Waals surface area contributed by atoms with Gasteiger partial charge in [0.1, 0.15) is 0 Å². The van der Waals surface area contributed by atoms with Crippen LogP contribution in [0.5, 0.6) is 5.75 Å². The lowest BCUT2D eigenvalue weighted by molar-refractivity contribution is 0.337. The Morgan fingerprint density at radius 1 is 1.38 bits per heavy atom. The van der Waals surface area contributed by atoms with E-state index in [0.717, 1.165) is 38.4 Å². The minimum absolute atomic E-state index is 0.0326. The van der Waals surface area contributed by atoms with Gasteiger partial charge in [0, 0.05) is 6.04 Å². The van der Waals surface area contributed by atoms with Gasteiger partial charge in [0.25, 0.3) is 0 Å². The second-order valence-electron chi connectivity index (χ2n) is 5.79. The Hall–Kier alpha value is -1.18. The van der Waals surface area contributed by atoms with E-state index >= 15 is 0 Å². The van der Waals surface area contributed by atoms with Crippen LogP contribution in [0.2, 0.25) is 0 Å². The molecule has 1 spiro atoms. The molecule has 1 saturated heterocycles. The average Bonchev–Trinajstić information content (AvgIpc) is 3.09. The van der Waals surface area contributed by atoms with Crippen molar-refractivity contribution in [2.75, 3.05) is 20.2 Å². The summed E-state index contributed by atoms with van der Waals surface area (Å²) in [5.41, 5.74) is 0.101. The molecule has 0 aromatic heterocycles. The molecule has 1 atom stereocenters. The van der Waals surface area contributed by atoms with Crippen LogP contribution in [0.3, 0.4) is 0 Å². The van der Waals surface area contributed by atoms with E-state index in [1.165, 1.54) is 19.2 Å². The minimum Gasteiger partial charge on any atom is -0.494 e. The zero-order chi connectivity index (χ0) is 15.1. The second kappa shape index (κ2) is 5.23. The van der Waals surface area contributed by atoms with Gasteiger partial charge in [0.05, 0.1) is 12.0 Å². The van der Waals surface area contributed by atoms with Crippen molar-refractivity contribution in [2.24, 2.45) is 5.41 Å². The zero-order valence-corrected chi connectivity index (χ0v) is 12.7. The van der Waals surface area contributed by atoms with Crippen LogP contribution >= 0.6 is 0 Å². The average molecular weight is 314 g/mol. The standard InChI is InChI=1S/C14H19FN2O3S/c1-20-12-3-2-10(8-11(12)15)21(18,19)17-13-9-14(13)4-6-16-7-5-14/h2-3,8,13,16-17H,4-7,9H2,1H3. The van der Waals surface area contributed by atoms with Gasteiger partial charge in [-0.25, -0.2) is 17.5 Å². The highest BCUT2D eigenvalue weighted by Gasteiger charge is 2.55. The quantitative estimate of drug-likeness (QED) is 0.878. The molecule has 5 nitrogen and oxygen atoms in total. The molecular weight excluding hydrogens is 295 g/mol. The predicted octanol–water partition coefficient (Wildman–Crippen LogP) is 1.25. The first kappa shape index (κ1) is 14.7. The predicted molar refractivity (Wildman–Crippen MR) is 76.2 cm³/mol. The molecule has 0 amide bonds. The van der Waals surface area contributed by atoms with E-state index in [1.54, 1.807) is 0 Å². The highest BCUT2D eigenvalue weighted by Crippen LogP contribution is 2.53. The fourth-order valence-corrected chi connectivity index (χ4v) is 4.41. The summed E-state index contributed by atoms with van der Waals surface area (Å²) in [7, 11) is -2.34. The van der Waals surface area contributed by atoms with E-state index in [-0.39, 0.29) is 22.1 Å². The van der Waals surface area contributed by atoms with E-state index < -0.39 is 15.8 Å². The fourth-order valence-electron chi connectivity index (χ4n) is 3.06. The number of ether oxygens (including phenoxy) is 1. The van der Waals surface area contributed by atoms with Gasteiger partial charge in [0.15, 0.2) is 11.6 Å². The van der Waals surface area contributed by atoms with Gasteiger partial charge < -0.3 is 10.1 Å². The van der Waals surface area contributed by atoms with Crippen molar-refractivity contribution in [3.8, 4) is 5.75 Å². The third-order valence-electron chi connectivity index (χ3n) is 4.52. The van der Waals surface area contributed by atoms with E-state index in [1.807, 2.05) is 0 Å². The van der Waals surface area contributed by atoms with Gasteiger partial charge >= 0.3 is 0 Å². The van der Waals surface area contributed by atoms with Crippen molar-refractivity contribution in [3.05, 3.63) is 24.0 Å². The minimum atomic E-state index is -3.69. The molecule has 2 aliphatic rings. The van der Waals surface area contributed by atoms with E-state index in [9.17, 15) is 12.8 Å². The number of piperidine rings is 1. The van der Waals surface area contributed by atoms with Crippen LogP contribution < -0.4 is 14.8 Å². The maximum atomic E-state index is 13.7. The molecule has 0 bridgehead atoms. The summed E-state index contributed by atoms with van der Waals surface area (Å²) >= 11 is 0. The van der Waals surface area contributed by atoms with Crippen LogP contribution in [0.4, 0.5) is 4.39 Å². The molecule has 1 aliphatic heterocycles. The highest BCUT2D eigenvalue weighted by molar-refractivity contribution is 7.89. The molecule has 1 heterocycles. The lowest BCUT2D eigenvalue weighted by Gasteiger charge is -2.23. The van der Waals surface area contributed by atoms with Gasteiger partial charge in [-0.1, -0.05) is 0 Å². The largest absolute Gasteiger partial charge is 0.494 e. The number of hydrogen-bond acceptors (Lipinski definition) is 4. The maximum Gasteiger partial charge on any atom is 0.240 e. The molecule has 1 aromatic rings. The van der Waals surface area contributed by atoms with Crippen LogP contribution in [-0.2, 0) is 10.0 Å². The molecule has 21 heavy (non-hydrogen) atoms. The van der Waals surface area contributed by atoms with Crippen LogP contribution in [0.1, 0.15) is 19.3 Å². The van der Waals surface area contributed by atoms with Gasteiger partial charge in [-0.3, -0.25) is 0 Å². The summed E-state index contributed by atoms with van der Waals surface area (Å²) in [5.74, 6) is -0.636. The maximum absolute atomic E-state index is 13.7. The normalized spacial score (nSPS) is 24.0. The molecule has 1 aliphatic carbocycles. The zero-order valence-electron chi connectivity index (χ0n) is 11.9. The lowest BCUT2D eigenvalue weighted by Crippen LogP contribution is -2.36. The van der Waals surface area contributed by atoms with E-state index in [2.05, 4.69) is 10.0 Å². The number of hydrogen-bond donors (Lipinski definition) is 2. The molecule has 2 N–H and O–H groups in total. The Labute approximate surface area is 123 Å². The molecule has 0 radical (unpaired) electrons. The summed E-state index contributed by atoms with van der Waals surface area (Å²) in [6, 6.07) is 3.66. The summed E-state index contributed by atoms with van der Waals surface area (Å²) in [6.07, 6.45) is 2.83. The molecule has 7 heteroatoms. The van der Waals surface area contributed by atoms with Crippen LogP contribution in [0.25, 0.3) is 0 Å². The Morgan fingerprint density at radius 3 is 2.71 bits per heavy atom. The topological polar surface area (TPSA) is 67.4 Å². The van der Waals surface area contributed by atoms with Gasteiger partial charge in [-0.2, -0.15) is 0 Å². The van der Waals surface area contributed by atoms with Crippen LogP contribution in [0.15, 0.2) is 23.1 Å². The van der Waals surface area contributed by atoms with Crippen molar-refractivity contribution in [3.63, 3.8) is 0 Å². The Morgan fingerprint density at radius 2 is 2.10 bits per heavy atom. The second-order valence-corrected chi connectivity index (χ2v) is 7.50. The molecule has 1 saturated carbocycles. The Balaban J connectivity index is 1.74. The number of rotatable bonds is 4. The molecule has 1 aromatic carbocycles. The molecule has 3 rings (SSSR count). The number of methoxy groups -OCH3 is 1. The third kappa shape index (κ3) is 2.77. The SMILES string of the molecule is COc1ccc(S(=O)(=O)NC2CC23CCNCC3)cc1F. The number of halogens is 1. The van der Waals surface area contributed by atoms with Crippen molar-refractivity contribution in [1.29, 1.82) is 0 Å². The highest BCUT2D eigenvalue weighted by atomic mass is 32.2. The van der Waals surface area contributed by atoms with Crippen molar-refractivity contribution < 1.29 is 17.5 Å². The Kier molecular flexibility index (Phi) is 3.67.